The lowest BCUT2D eigenvalue weighted by atomic mass is 9.87. The molecule has 1 aliphatic carbocycles. The molecule has 0 spiro atoms. The number of nitrogens with zero attached hydrogens (tertiary/aromatic N) is 1. The minimum Gasteiger partial charge on any atom is -0.493 e. The van der Waals surface area contributed by atoms with Gasteiger partial charge in [-0.25, -0.2) is 0 Å². The number of nitrogens with one attached hydrogen (secondary N) is 1. The molecule has 6 nitrogen and oxygen atoms in total. The lowest BCUT2D eigenvalue weighted by Crippen LogP contribution is -2.54. The van der Waals surface area contributed by atoms with Crippen LogP contribution in [-0.4, -0.2) is 47.8 Å². The molecule has 0 unspecified atom stereocenters. The molecule has 1 N–H and O–H groups in total. The van der Waals surface area contributed by atoms with Crippen LogP contribution in [0.15, 0.2) is 12.1 Å². The van der Waals surface area contributed by atoms with Crippen LogP contribution < -0.4 is 14.8 Å². The molecule has 158 valence electrons. The van der Waals surface area contributed by atoms with Crippen molar-refractivity contribution in [3.05, 3.63) is 23.3 Å². The van der Waals surface area contributed by atoms with Gasteiger partial charge in [-0.1, -0.05) is 13.0 Å². The van der Waals surface area contributed by atoms with Gasteiger partial charge in [-0.2, -0.15) is 0 Å². The summed E-state index contributed by atoms with van der Waals surface area (Å²) in [6.07, 6.45) is 4.30. The first-order valence-corrected chi connectivity index (χ1v) is 11.2. The van der Waals surface area contributed by atoms with Gasteiger partial charge in [0.25, 0.3) is 5.91 Å². The van der Waals surface area contributed by atoms with Gasteiger partial charge in [0, 0.05) is 16.4 Å². The van der Waals surface area contributed by atoms with Crippen LogP contribution in [0.25, 0.3) is 0 Å². The zero-order chi connectivity index (χ0) is 20.9. The minimum atomic E-state index is -0.521. The Hall–Kier alpha value is -1.89. The van der Waals surface area contributed by atoms with Crippen LogP contribution in [-0.2, 0) is 4.79 Å². The molecule has 2 atom stereocenters. The van der Waals surface area contributed by atoms with Crippen molar-refractivity contribution in [3.63, 3.8) is 0 Å². The second kappa shape index (κ2) is 7.42. The van der Waals surface area contributed by atoms with Crippen molar-refractivity contribution < 1.29 is 19.1 Å². The van der Waals surface area contributed by atoms with Crippen molar-refractivity contribution in [1.82, 2.24) is 10.2 Å². The van der Waals surface area contributed by atoms with Crippen molar-refractivity contribution in [3.8, 4) is 11.5 Å². The van der Waals surface area contributed by atoms with Gasteiger partial charge < -0.3 is 19.7 Å². The summed E-state index contributed by atoms with van der Waals surface area (Å²) in [5.74, 6) is 1.50. The Morgan fingerprint density at radius 3 is 2.48 bits per heavy atom. The maximum Gasteiger partial charge on any atom is 0.260 e. The minimum absolute atomic E-state index is 0.0448. The molecule has 2 aliphatic heterocycles. The first kappa shape index (κ1) is 20.4. The molecular formula is C22H30N2O4S. The summed E-state index contributed by atoms with van der Waals surface area (Å²) < 4.78 is 10.5. The third-order valence-corrected chi connectivity index (χ3v) is 8.04. The average molecular weight is 419 g/mol. The Labute approximate surface area is 176 Å². The van der Waals surface area contributed by atoms with Crippen LogP contribution in [0.4, 0.5) is 0 Å². The van der Waals surface area contributed by atoms with E-state index in [9.17, 15) is 9.59 Å². The van der Waals surface area contributed by atoms with Gasteiger partial charge in [-0.15, -0.1) is 11.8 Å². The van der Waals surface area contributed by atoms with Crippen molar-refractivity contribution >= 4 is 23.6 Å². The summed E-state index contributed by atoms with van der Waals surface area (Å²) in [5, 5.41) is 3.06. The summed E-state index contributed by atoms with van der Waals surface area (Å²) in [4.78, 5) is 28.6. The quantitative estimate of drug-likeness (QED) is 0.807. The number of carbonyl (C=O) groups is 2. The smallest absolute Gasteiger partial charge is 0.260 e. The van der Waals surface area contributed by atoms with E-state index in [1.54, 1.807) is 30.9 Å². The summed E-state index contributed by atoms with van der Waals surface area (Å²) in [5.41, 5.74) is 1.41. The highest BCUT2D eigenvalue weighted by Crippen LogP contribution is 2.58. The van der Waals surface area contributed by atoms with Crippen LogP contribution in [0.1, 0.15) is 67.7 Å². The summed E-state index contributed by atoms with van der Waals surface area (Å²) in [6, 6.07) is 3.43. The molecule has 1 aromatic carbocycles. The van der Waals surface area contributed by atoms with Crippen molar-refractivity contribution in [1.29, 1.82) is 0 Å². The van der Waals surface area contributed by atoms with Crippen LogP contribution >= 0.6 is 11.8 Å². The Kier molecular flexibility index (Phi) is 5.21. The number of benzene rings is 1. The molecule has 2 amide bonds. The fourth-order valence-corrected chi connectivity index (χ4v) is 6.52. The molecule has 0 radical (unpaired) electrons. The Balaban J connectivity index is 1.64. The number of methoxy groups -OCH3 is 2. The van der Waals surface area contributed by atoms with E-state index in [0.717, 1.165) is 37.2 Å². The summed E-state index contributed by atoms with van der Waals surface area (Å²) in [6.45, 7) is 6.37. The first-order chi connectivity index (χ1) is 13.8. The summed E-state index contributed by atoms with van der Waals surface area (Å²) >= 11 is 1.66. The van der Waals surface area contributed by atoms with Crippen molar-refractivity contribution in [2.45, 2.75) is 68.7 Å². The second-order valence-corrected chi connectivity index (χ2v) is 10.7. The lowest BCUT2D eigenvalue weighted by molar-refractivity contribution is -0.127. The summed E-state index contributed by atoms with van der Waals surface area (Å²) in [7, 11) is 3.10. The maximum atomic E-state index is 13.5. The van der Waals surface area contributed by atoms with Crippen LogP contribution in [0.5, 0.6) is 11.5 Å². The molecule has 0 aromatic heterocycles. The van der Waals surface area contributed by atoms with E-state index in [1.165, 1.54) is 0 Å². The molecule has 2 fully saturated rings. The Morgan fingerprint density at radius 2 is 1.86 bits per heavy atom. The van der Waals surface area contributed by atoms with E-state index in [0.29, 0.717) is 17.1 Å². The number of fused-ring (bicyclic) bond motifs is 3. The van der Waals surface area contributed by atoms with Crippen molar-refractivity contribution in [2.75, 3.05) is 14.2 Å². The number of hydrogen-bond donors (Lipinski definition) is 1. The molecule has 1 saturated carbocycles. The molecule has 7 heteroatoms. The molecular weight excluding hydrogens is 388 g/mol. The zero-order valence-electron chi connectivity index (χ0n) is 17.8. The maximum absolute atomic E-state index is 13.5. The molecule has 3 aliphatic rings. The first-order valence-electron chi connectivity index (χ1n) is 10.3. The van der Waals surface area contributed by atoms with Gasteiger partial charge in [0.15, 0.2) is 11.5 Å². The lowest BCUT2D eigenvalue weighted by Gasteiger charge is -2.33. The van der Waals surface area contributed by atoms with Gasteiger partial charge in [0.1, 0.15) is 11.4 Å². The van der Waals surface area contributed by atoms with Gasteiger partial charge in [-0.05, 0) is 51.5 Å². The van der Waals surface area contributed by atoms with E-state index in [1.807, 2.05) is 12.1 Å². The van der Waals surface area contributed by atoms with Crippen LogP contribution in [0.2, 0.25) is 0 Å². The van der Waals surface area contributed by atoms with E-state index in [4.69, 9.17) is 9.47 Å². The van der Waals surface area contributed by atoms with Crippen molar-refractivity contribution in [2.24, 2.45) is 5.92 Å². The SMILES string of the molecule is COc1ccc2c(c1OC)C(=O)N1[C@@H]2SC(C)(C)[C@@H]1C(=O)NC1CCC(C)CC1. The third kappa shape index (κ3) is 3.27. The average Bonchev–Trinajstić information content (AvgIpc) is 3.12. The molecule has 4 rings (SSSR count). The van der Waals surface area contributed by atoms with Gasteiger partial charge in [0.2, 0.25) is 5.91 Å². The highest BCUT2D eigenvalue weighted by Gasteiger charge is 2.58. The normalized spacial score (nSPS) is 30.0. The standard InChI is InChI=1S/C22H30N2O4S/c1-12-6-8-13(9-7-12)23-19(25)18-22(2,3)29-21-14-10-11-15(27-4)17(28-5)16(14)20(26)24(18)21/h10-13,18,21H,6-9H2,1-5H3,(H,23,25)/t12?,13?,18-,21+/m0/s1. The van der Waals surface area contributed by atoms with E-state index in [-0.39, 0.29) is 28.0 Å². The van der Waals surface area contributed by atoms with E-state index >= 15 is 0 Å². The molecule has 1 saturated heterocycles. The predicted molar refractivity (Wildman–Crippen MR) is 113 cm³/mol. The van der Waals surface area contributed by atoms with E-state index < -0.39 is 6.04 Å². The fraction of sp³-hybridized carbons (Fsp3) is 0.636. The van der Waals surface area contributed by atoms with Gasteiger partial charge in [-0.3, -0.25) is 9.59 Å². The van der Waals surface area contributed by atoms with Gasteiger partial charge in [0.05, 0.1) is 19.8 Å². The number of carbonyl (C=O) groups excluding carboxylic acids is 2. The monoisotopic (exact) mass is 418 g/mol. The third-order valence-electron chi connectivity index (χ3n) is 6.51. The molecule has 2 heterocycles. The molecule has 29 heavy (non-hydrogen) atoms. The van der Waals surface area contributed by atoms with Gasteiger partial charge >= 0.3 is 0 Å². The molecule has 1 aromatic rings. The van der Waals surface area contributed by atoms with Crippen LogP contribution in [0, 0.1) is 5.92 Å². The largest absolute Gasteiger partial charge is 0.493 e. The van der Waals surface area contributed by atoms with Crippen LogP contribution in [0.3, 0.4) is 0 Å². The number of hydrogen-bond acceptors (Lipinski definition) is 5. The zero-order valence-corrected chi connectivity index (χ0v) is 18.6. The number of thioether (sulfide) groups is 1. The molecule has 0 bridgehead atoms. The predicted octanol–water partition coefficient (Wildman–Crippen LogP) is 3.75. The second-order valence-electron chi connectivity index (χ2n) is 8.92. The number of rotatable bonds is 4. The Bertz CT molecular complexity index is 832. The highest BCUT2D eigenvalue weighted by molar-refractivity contribution is 8.01. The van der Waals surface area contributed by atoms with E-state index in [2.05, 4.69) is 26.1 Å². The number of ether oxygens (including phenoxy) is 2. The fourth-order valence-electron chi connectivity index (χ4n) is 4.94. The highest BCUT2D eigenvalue weighted by atomic mass is 32.2. The Morgan fingerprint density at radius 1 is 1.17 bits per heavy atom. The topological polar surface area (TPSA) is 67.9 Å². The number of amides is 2.